The smallest absolute Gasteiger partial charge is 0.415 e. The Balaban J connectivity index is 0.00000405. The minimum atomic E-state index is -0.904. The molecule has 2 heterocycles. The molecule has 3 atom stereocenters. The van der Waals surface area contributed by atoms with E-state index in [4.69, 9.17) is 4.74 Å². The van der Waals surface area contributed by atoms with E-state index < -0.39 is 35.8 Å². The summed E-state index contributed by atoms with van der Waals surface area (Å²) in [6, 6.07) is 15.0. The van der Waals surface area contributed by atoms with E-state index in [1.165, 1.54) is 59.5 Å². The first kappa shape index (κ1) is 31.6. The number of carbonyl (C=O) groups is 2. The third kappa shape index (κ3) is 6.84. The zero-order chi connectivity index (χ0) is 29.3. The number of piperazine rings is 1. The standard InChI is InChI=1S/C31H33F2N3O5.HI/c1-36(2)17-15-34(16-18-36)31(40)41-24-11-12-25(28(38)19-24)29-26(13-14-27(37)20-3-5-21(32)6-4-20)30(39)35(29)23-9-7-22(33)8-10-23;/h3-12,19,26-27,29,37H,13-18H2,1-2H3;1H. The first-order chi connectivity index (χ1) is 19.5. The average molecular weight is 694 g/mol. The number of halogens is 3. The van der Waals surface area contributed by atoms with Crippen LogP contribution >= 0.6 is 0 Å². The topological polar surface area (TPSA) is 90.3 Å². The first-order valence-corrected chi connectivity index (χ1v) is 13.7. The molecule has 3 aromatic rings. The number of anilines is 1. The number of phenols is 1. The summed E-state index contributed by atoms with van der Waals surface area (Å²) in [5.74, 6) is -1.63. The van der Waals surface area contributed by atoms with Crippen molar-refractivity contribution in [3.05, 3.63) is 89.5 Å². The van der Waals surface area contributed by atoms with E-state index in [-0.39, 0.29) is 47.8 Å². The van der Waals surface area contributed by atoms with Gasteiger partial charge < -0.3 is 48.3 Å². The van der Waals surface area contributed by atoms with Crippen LogP contribution in [0, 0.1) is 17.6 Å². The molecule has 2 amide bonds. The third-order valence-electron chi connectivity index (χ3n) is 8.06. The number of benzene rings is 3. The molecule has 5 rings (SSSR count). The molecule has 0 spiro atoms. The number of hydrogen-bond donors (Lipinski definition) is 2. The molecule has 0 radical (unpaired) electrons. The summed E-state index contributed by atoms with van der Waals surface area (Å²) in [4.78, 5) is 29.1. The molecule has 3 unspecified atom stereocenters. The van der Waals surface area contributed by atoms with Gasteiger partial charge in [0.1, 0.15) is 23.1 Å². The number of aliphatic hydroxyl groups is 1. The van der Waals surface area contributed by atoms with Crippen molar-refractivity contribution in [1.82, 2.24) is 4.90 Å². The predicted octanol–water partition coefficient (Wildman–Crippen LogP) is 1.78. The maximum atomic E-state index is 13.6. The number of amides is 2. The lowest BCUT2D eigenvalue weighted by Crippen LogP contribution is -3.00. The van der Waals surface area contributed by atoms with Gasteiger partial charge in [0.2, 0.25) is 5.91 Å². The van der Waals surface area contributed by atoms with E-state index in [0.717, 1.165) is 17.6 Å². The number of rotatable bonds is 7. The molecule has 2 fully saturated rings. The molecule has 2 aliphatic rings. The van der Waals surface area contributed by atoms with Crippen LogP contribution in [0.5, 0.6) is 11.5 Å². The minimum absolute atomic E-state index is 0. The fourth-order valence-corrected chi connectivity index (χ4v) is 5.46. The lowest BCUT2D eigenvalue weighted by Gasteiger charge is -2.48. The molecule has 224 valence electrons. The van der Waals surface area contributed by atoms with Crippen LogP contribution in [0.2, 0.25) is 0 Å². The summed E-state index contributed by atoms with van der Waals surface area (Å²) in [6.45, 7) is 2.76. The van der Waals surface area contributed by atoms with Crippen LogP contribution in [0.25, 0.3) is 0 Å². The maximum absolute atomic E-state index is 13.6. The van der Waals surface area contributed by atoms with Gasteiger partial charge in [-0.1, -0.05) is 12.1 Å². The fraction of sp³-hybridized carbons (Fsp3) is 0.355. The number of quaternary nitrogens is 1. The Labute approximate surface area is 260 Å². The van der Waals surface area contributed by atoms with Gasteiger partial charge in [-0.2, -0.15) is 0 Å². The molecular weight excluding hydrogens is 659 g/mol. The van der Waals surface area contributed by atoms with Crippen LogP contribution in [0.1, 0.15) is 36.1 Å². The van der Waals surface area contributed by atoms with Crippen molar-refractivity contribution in [2.45, 2.75) is 25.0 Å². The van der Waals surface area contributed by atoms with Gasteiger partial charge in [-0.3, -0.25) is 9.69 Å². The summed E-state index contributed by atoms with van der Waals surface area (Å²) in [5, 5.41) is 21.7. The van der Waals surface area contributed by atoms with Crippen molar-refractivity contribution in [2.75, 3.05) is 45.2 Å². The molecule has 8 nitrogen and oxygen atoms in total. The molecular formula is C31H34F2IN3O5. The zero-order valence-electron chi connectivity index (χ0n) is 23.4. The highest BCUT2D eigenvalue weighted by Crippen LogP contribution is 2.49. The Morgan fingerprint density at radius 1 is 1.00 bits per heavy atom. The van der Waals surface area contributed by atoms with E-state index in [0.29, 0.717) is 36.3 Å². The zero-order valence-corrected chi connectivity index (χ0v) is 25.6. The lowest BCUT2D eigenvalue weighted by atomic mass is 9.78. The van der Waals surface area contributed by atoms with E-state index in [9.17, 15) is 28.6 Å². The Morgan fingerprint density at radius 3 is 2.19 bits per heavy atom. The summed E-state index contributed by atoms with van der Waals surface area (Å²) in [5.41, 5.74) is 1.44. The highest BCUT2D eigenvalue weighted by molar-refractivity contribution is 6.03. The van der Waals surface area contributed by atoms with E-state index in [1.807, 2.05) is 0 Å². The van der Waals surface area contributed by atoms with Gasteiger partial charge in [0.05, 0.1) is 58.3 Å². The van der Waals surface area contributed by atoms with E-state index in [2.05, 4.69) is 14.1 Å². The average Bonchev–Trinajstić information content (AvgIpc) is 2.93. The normalized spacial score (nSPS) is 20.4. The third-order valence-corrected chi connectivity index (χ3v) is 8.06. The number of nitrogens with zero attached hydrogens (tertiary/aromatic N) is 3. The van der Waals surface area contributed by atoms with Crippen LogP contribution in [0.4, 0.5) is 19.3 Å². The summed E-state index contributed by atoms with van der Waals surface area (Å²) in [7, 11) is 4.22. The summed E-state index contributed by atoms with van der Waals surface area (Å²) >= 11 is 0. The van der Waals surface area contributed by atoms with Crippen LogP contribution in [-0.4, -0.2) is 71.9 Å². The minimum Gasteiger partial charge on any atom is -1.00 e. The van der Waals surface area contributed by atoms with Gasteiger partial charge in [-0.05, 0) is 66.9 Å². The number of carbonyl (C=O) groups excluding carboxylic acids is 2. The highest BCUT2D eigenvalue weighted by atomic mass is 127. The number of aliphatic hydroxyl groups excluding tert-OH is 1. The molecule has 11 heteroatoms. The quantitative estimate of drug-likeness (QED) is 0.224. The molecule has 42 heavy (non-hydrogen) atoms. The number of likely N-dealkylation sites (N-methyl/N-ethyl adjacent to an activating group) is 1. The molecule has 2 saturated heterocycles. The summed E-state index contributed by atoms with van der Waals surface area (Å²) < 4.78 is 33.3. The lowest BCUT2D eigenvalue weighted by molar-refractivity contribution is -0.894. The molecule has 2 aliphatic heterocycles. The second kappa shape index (κ2) is 12.9. The molecule has 0 saturated carbocycles. The Kier molecular flexibility index (Phi) is 9.74. The Hall–Kier alpha value is -3.29. The molecule has 0 bridgehead atoms. The summed E-state index contributed by atoms with van der Waals surface area (Å²) in [6.07, 6.45) is -0.869. The van der Waals surface area contributed by atoms with Crippen LogP contribution in [-0.2, 0) is 4.79 Å². The predicted molar refractivity (Wildman–Crippen MR) is 148 cm³/mol. The second-order valence-corrected chi connectivity index (χ2v) is 11.3. The van der Waals surface area contributed by atoms with Gasteiger partial charge in [0.25, 0.3) is 0 Å². The van der Waals surface area contributed by atoms with E-state index in [1.54, 1.807) is 17.0 Å². The van der Waals surface area contributed by atoms with Gasteiger partial charge in [-0.25, -0.2) is 13.6 Å². The molecule has 0 aliphatic carbocycles. The molecule has 2 N–H and O–H groups in total. The van der Waals surface area contributed by atoms with Crippen molar-refractivity contribution in [3.8, 4) is 11.5 Å². The van der Waals surface area contributed by atoms with Crippen molar-refractivity contribution in [1.29, 1.82) is 0 Å². The van der Waals surface area contributed by atoms with Gasteiger partial charge >= 0.3 is 6.09 Å². The number of phenolic OH excluding ortho intramolecular Hbond substituents is 1. The number of hydrogen-bond acceptors (Lipinski definition) is 5. The first-order valence-electron chi connectivity index (χ1n) is 13.7. The number of β-lactam (4-membered cyclic amide) rings is 1. The van der Waals surface area contributed by atoms with Crippen LogP contribution in [0.3, 0.4) is 0 Å². The van der Waals surface area contributed by atoms with Crippen molar-refractivity contribution in [2.24, 2.45) is 5.92 Å². The van der Waals surface area contributed by atoms with Crippen LogP contribution < -0.4 is 33.6 Å². The Morgan fingerprint density at radius 2 is 1.60 bits per heavy atom. The van der Waals surface area contributed by atoms with Gasteiger partial charge in [0, 0.05) is 17.3 Å². The van der Waals surface area contributed by atoms with Crippen molar-refractivity contribution >= 4 is 17.7 Å². The second-order valence-electron chi connectivity index (χ2n) is 11.3. The van der Waals surface area contributed by atoms with Gasteiger partial charge in [-0.15, -0.1) is 0 Å². The van der Waals surface area contributed by atoms with Gasteiger partial charge in [0.15, 0.2) is 0 Å². The molecule has 0 aromatic heterocycles. The van der Waals surface area contributed by atoms with Crippen LogP contribution in [0.15, 0.2) is 66.7 Å². The number of aromatic hydroxyl groups is 1. The monoisotopic (exact) mass is 693 g/mol. The maximum Gasteiger partial charge on any atom is 0.415 e. The SMILES string of the molecule is C[N+]1(C)CCN(C(=O)Oc2ccc(C3C(CCC(O)c4ccc(F)cc4)C(=O)N3c3ccc(F)cc3)c(O)c2)CC1.[I-]. The Bertz CT molecular complexity index is 1410. The fourth-order valence-electron chi connectivity index (χ4n) is 5.46. The van der Waals surface area contributed by atoms with E-state index >= 15 is 0 Å². The molecule has 3 aromatic carbocycles. The largest absolute Gasteiger partial charge is 1.00 e. The van der Waals surface area contributed by atoms with Crippen molar-refractivity contribution in [3.63, 3.8) is 0 Å². The highest BCUT2D eigenvalue weighted by Gasteiger charge is 2.49. The van der Waals surface area contributed by atoms with Crippen molar-refractivity contribution < 1.29 is 61.8 Å². The number of ether oxygens (including phenoxy) is 1.